The Balaban J connectivity index is 2.03. The van der Waals surface area contributed by atoms with Crippen LogP contribution in [0, 0.1) is 0 Å². The molecule has 9 nitrogen and oxygen atoms in total. The normalized spacial score (nSPS) is 20.7. The van der Waals surface area contributed by atoms with Crippen LogP contribution in [0.15, 0.2) is 18.7 Å². The number of anilines is 1. The van der Waals surface area contributed by atoms with E-state index in [1.807, 2.05) is 0 Å². The van der Waals surface area contributed by atoms with Crippen molar-refractivity contribution in [2.75, 3.05) is 23.0 Å². The minimum Gasteiger partial charge on any atom is -0.480 e. The lowest BCUT2D eigenvalue weighted by molar-refractivity contribution is -0.135. The smallest absolute Gasteiger partial charge is 0.323 e. The molecule has 3 rings (SSSR count). The molecule has 0 saturated carbocycles. The van der Waals surface area contributed by atoms with Gasteiger partial charge < -0.3 is 10.0 Å². The fourth-order valence-electron chi connectivity index (χ4n) is 2.49. The van der Waals surface area contributed by atoms with Crippen molar-refractivity contribution in [2.24, 2.45) is 0 Å². The molecule has 2 aromatic rings. The molecule has 0 spiro atoms. The van der Waals surface area contributed by atoms with Gasteiger partial charge in [-0.05, 0) is 6.42 Å². The van der Waals surface area contributed by atoms with Gasteiger partial charge in [0.15, 0.2) is 15.7 Å². The first-order valence-electron chi connectivity index (χ1n) is 6.29. The van der Waals surface area contributed by atoms with Crippen molar-refractivity contribution in [1.29, 1.82) is 0 Å². The van der Waals surface area contributed by atoms with Crippen LogP contribution in [0.1, 0.15) is 6.42 Å². The Morgan fingerprint density at radius 2 is 2.33 bits per heavy atom. The third kappa shape index (κ3) is 2.66. The Kier molecular flexibility index (Phi) is 3.24. The Bertz CT molecular complexity index is 787. The summed E-state index contributed by atoms with van der Waals surface area (Å²) in [5.74, 6) is -0.733. The highest BCUT2D eigenvalue weighted by Gasteiger charge is 2.34. The van der Waals surface area contributed by atoms with Gasteiger partial charge in [0.05, 0.1) is 11.5 Å². The van der Waals surface area contributed by atoms with Crippen molar-refractivity contribution >= 4 is 27.3 Å². The molecule has 0 radical (unpaired) electrons. The summed E-state index contributed by atoms with van der Waals surface area (Å²) < 4.78 is 24.9. The lowest BCUT2D eigenvalue weighted by atomic mass is 10.2. The Morgan fingerprint density at radius 1 is 1.52 bits per heavy atom. The van der Waals surface area contributed by atoms with Gasteiger partial charge in [0, 0.05) is 18.4 Å². The Hall–Kier alpha value is -2.23. The van der Waals surface area contributed by atoms with Crippen LogP contribution in [0.4, 0.5) is 5.82 Å². The minimum atomic E-state index is -3.13. The number of carboxylic acids is 1. The highest BCUT2D eigenvalue weighted by Crippen LogP contribution is 2.25. The third-order valence-corrected chi connectivity index (χ3v) is 5.17. The molecule has 1 unspecified atom stereocenters. The van der Waals surface area contributed by atoms with Crippen LogP contribution in [0.3, 0.4) is 0 Å². The number of sulfone groups is 1. The average molecular weight is 311 g/mol. The second kappa shape index (κ2) is 4.95. The number of hydrogen-bond donors (Lipinski definition) is 1. The highest BCUT2D eigenvalue weighted by molar-refractivity contribution is 7.91. The topological polar surface area (TPSA) is 118 Å². The first-order chi connectivity index (χ1) is 9.96. The van der Waals surface area contributed by atoms with Crippen LogP contribution in [0.2, 0.25) is 0 Å². The molecule has 3 heterocycles. The summed E-state index contributed by atoms with van der Waals surface area (Å²) >= 11 is 0. The number of aromatic nitrogens is 4. The molecule has 21 heavy (non-hydrogen) atoms. The quantitative estimate of drug-likeness (QED) is 0.780. The summed E-state index contributed by atoms with van der Waals surface area (Å²) in [6.45, 7) is -0.334. The van der Waals surface area contributed by atoms with Gasteiger partial charge in [-0.2, -0.15) is 0 Å². The lowest BCUT2D eigenvalue weighted by Gasteiger charge is -2.27. The molecule has 0 aliphatic carbocycles. The first kappa shape index (κ1) is 13.7. The van der Waals surface area contributed by atoms with Crippen LogP contribution in [0.25, 0.3) is 5.65 Å². The van der Waals surface area contributed by atoms with Gasteiger partial charge in [0.1, 0.15) is 12.9 Å². The zero-order valence-corrected chi connectivity index (χ0v) is 11.8. The largest absolute Gasteiger partial charge is 0.480 e. The van der Waals surface area contributed by atoms with Crippen LogP contribution in [-0.4, -0.2) is 63.2 Å². The fourth-order valence-corrected chi connectivity index (χ4v) is 4.22. The number of carboxylic acid groups (broad SMARTS) is 1. The van der Waals surface area contributed by atoms with Crippen LogP contribution < -0.4 is 4.90 Å². The van der Waals surface area contributed by atoms with Crippen LogP contribution in [-0.2, 0) is 14.6 Å². The molecule has 0 amide bonds. The highest BCUT2D eigenvalue weighted by atomic mass is 32.2. The molecule has 1 aliphatic heterocycles. The third-order valence-electron chi connectivity index (χ3n) is 3.42. The Morgan fingerprint density at radius 3 is 3.00 bits per heavy atom. The summed E-state index contributed by atoms with van der Waals surface area (Å²) in [7, 11) is -3.13. The average Bonchev–Trinajstić information content (AvgIpc) is 3.01. The van der Waals surface area contributed by atoms with E-state index in [0.717, 1.165) is 0 Å². The van der Waals surface area contributed by atoms with Gasteiger partial charge in [0.2, 0.25) is 5.65 Å². The number of nitrogens with zero attached hydrogens (tertiary/aromatic N) is 5. The van der Waals surface area contributed by atoms with Crippen molar-refractivity contribution < 1.29 is 18.3 Å². The molecule has 2 aromatic heterocycles. The van der Waals surface area contributed by atoms with E-state index < -0.39 is 21.8 Å². The molecule has 1 N–H and O–H groups in total. The maximum Gasteiger partial charge on any atom is 0.323 e. The lowest BCUT2D eigenvalue weighted by Crippen LogP contribution is -2.41. The summed E-state index contributed by atoms with van der Waals surface area (Å²) in [5, 5.41) is 16.8. The number of hydrogen-bond acceptors (Lipinski definition) is 7. The maximum absolute atomic E-state index is 11.6. The second-order valence-electron chi connectivity index (χ2n) is 4.89. The van der Waals surface area contributed by atoms with Crippen molar-refractivity contribution in [1.82, 2.24) is 19.6 Å². The minimum absolute atomic E-state index is 0.0591. The van der Waals surface area contributed by atoms with E-state index in [1.165, 1.54) is 17.4 Å². The van der Waals surface area contributed by atoms with E-state index in [-0.39, 0.29) is 18.1 Å². The number of carbonyl (C=O) groups is 1. The molecule has 10 heteroatoms. The van der Waals surface area contributed by atoms with Gasteiger partial charge in [-0.3, -0.25) is 9.20 Å². The predicted molar refractivity (Wildman–Crippen MR) is 72.8 cm³/mol. The predicted octanol–water partition coefficient (Wildman–Crippen LogP) is -0.798. The fraction of sp³-hybridized carbons (Fsp3) is 0.455. The van der Waals surface area contributed by atoms with Crippen molar-refractivity contribution in [3.8, 4) is 0 Å². The molecule has 0 bridgehead atoms. The van der Waals surface area contributed by atoms with Crippen LogP contribution in [0.5, 0.6) is 0 Å². The zero-order chi connectivity index (χ0) is 15.0. The molecule has 112 valence electrons. The van der Waals surface area contributed by atoms with E-state index >= 15 is 0 Å². The molecular formula is C11H13N5O4S. The zero-order valence-electron chi connectivity index (χ0n) is 11.0. The van der Waals surface area contributed by atoms with E-state index in [0.29, 0.717) is 17.9 Å². The van der Waals surface area contributed by atoms with Crippen LogP contribution >= 0.6 is 0 Å². The van der Waals surface area contributed by atoms with Crippen molar-refractivity contribution in [3.05, 3.63) is 18.7 Å². The number of rotatable bonds is 4. The van der Waals surface area contributed by atoms with E-state index in [9.17, 15) is 13.2 Å². The van der Waals surface area contributed by atoms with E-state index in [1.54, 1.807) is 10.6 Å². The van der Waals surface area contributed by atoms with Gasteiger partial charge in [-0.25, -0.2) is 13.4 Å². The number of aliphatic carboxylic acids is 1. The standard InChI is InChI=1S/C11H13N5O4S/c17-9(18)5-16(8-1-4-21(19,20)6-8)10-11-14-13-7-15(11)3-2-12-10/h2-3,7-8H,1,4-6H2,(H,17,18). The molecule has 0 aromatic carbocycles. The van der Waals surface area contributed by atoms with Gasteiger partial charge in [-0.15, -0.1) is 10.2 Å². The monoisotopic (exact) mass is 311 g/mol. The first-order valence-corrected chi connectivity index (χ1v) is 8.11. The van der Waals surface area contributed by atoms with Gasteiger partial charge in [0.25, 0.3) is 0 Å². The summed E-state index contributed by atoms with van der Waals surface area (Å²) in [4.78, 5) is 16.8. The van der Waals surface area contributed by atoms with E-state index in [2.05, 4.69) is 15.2 Å². The van der Waals surface area contributed by atoms with Gasteiger partial charge >= 0.3 is 5.97 Å². The van der Waals surface area contributed by atoms with Crippen molar-refractivity contribution in [3.63, 3.8) is 0 Å². The molecule has 1 atom stereocenters. The van der Waals surface area contributed by atoms with Gasteiger partial charge in [-0.1, -0.05) is 0 Å². The van der Waals surface area contributed by atoms with Crippen molar-refractivity contribution in [2.45, 2.75) is 12.5 Å². The maximum atomic E-state index is 11.6. The molecule has 1 fully saturated rings. The summed E-state index contributed by atoms with van der Waals surface area (Å²) in [5.41, 5.74) is 0.406. The SMILES string of the molecule is O=C(O)CN(c1nccn2cnnc12)C1CCS(=O)(=O)C1. The van der Waals surface area contributed by atoms with E-state index in [4.69, 9.17) is 5.11 Å². The Labute approximate surface area is 120 Å². The molecular weight excluding hydrogens is 298 g/mol. The second-order valence-corrected chi connectivity index (χ2v) is 7.12. The summed E-state index contributed by atoms with van der Waals surface area (Å²) in [6.07, 6.45) is 5.00. The summed E-state index contributed by atoms with van der Waals surface area (Å²) in [6, 6.07) is -0.415. The molecule has 1 saturated heterocycles. The molecule has 1 aliphatic rings. The number of fused-ring (bicyclic) bond motifs is 1.